The van der Waals surface area contributed by atoms with Crippen molar-refractivity contribution in [3.63, 3.8) is 0 Å². The van der Waals surface area contributed by atoms with Gasteiger partial charge in [0.1, 0.15) is 5.82 Å². The summed E-state index contributed by atoms with van der Waals surface area (Å²) in [5, 5.41) is 6.38. The maximum absolute atomic E-state index is 13.6. The third-order valence-electron chi connectivity index (χ3n) is 4.43. The smallest absolute Gasteiger partial charge is 0.356 e. The Morgan fingerprint density at radius 2 is 1.96 bits per heavy atom. The van der Waals surface area contributed by atoms with Crippen LogP contribution in [0.4, 0.5) is 17.6 Å². The Morgan fingerprint density at radius 3 is 2.48 bits per heavy atom. The average Bonchev–Trinajstić information content (AvgIpc) is 3.37. The zero-order chi connectivity index (χ0) is 16.7. The fourth-order valence-corrected chi connectivity index (χ4v) is 2.65. The highest BCUT2D eigenvalue weighted by Crippen LogP contribution is 2.48. The first-order chi connectivity index (χ1) is 10.8. The summed E-state index contributed by atoms with van der Waals surface area (Å²) >= 11 is 0. The van der Waals surface area contributed by atoms with E-state index < -0.39 is 23.0 Å². The van der Waals surface area contributed by atoms with Gasteiger partial charge in [-0.15, -0.1) is 0 Å². The molecule has 2 aliphatic carbocycles. The third kappa shape index (κ3) is 3.76. The number of nitrogens with one attached hydrogen (secondary N) is 2. The first-order valence-corrected chi connectivity index (χ1v) is 7.68. The van der Waals surface area contributed by atoms with Gasteiger partial charge in [-0.3, -0.25) is 4.99 Å². The summed E-state index contributed by atoms with van der Waals surface area (Å²) in [7, 11) is 1.65. The number of benzene rings is 1. The van der Waals surface area contributed by atoms with Crippen molar-refractivity contribution in [2.75, 3.05) is 13.6 Å². The van der Waals surface area contributed by atoms with Crippen LogP contribution in [0.2, 0.25) is 0 Å². The summed E-state index contributed by atoms with van der Waals surface area (Å²) in [6, 6.07) is 3.25. The Kier molecular flexibility index (Phi) is 3.98. The Hall–Kier alpha value is -1.79. The number of guanidine groups is 1. The number of hydrogen-bond donors (Lipinski definition) is 2. The highest BCUT2D eigenvalue weighted by molar-refractivity contribution is 5.80. The van der Waals surface area contributed by atoms with Gasteiger partial charge in [0, 0.05) is 25.0 Å². The van der Waals surface area contributed by atoms with Crippen LogP contribution in [0.15, 0.2) is 23.2 Å². The van der Waals surface area contributed by atoms with Crippen molar-refractivity contribution >= 4 is 5.96 Å². The lowest BCUT2D eigenvalue weighted by atomic mass is 9.94. The lowest BCUT2D eigenvalue weighted by Crippen LogP contribution is -2.42. The summed E-state index contributed by atoms with van der Waals surface area (Å²) in [6.07, 6.45) is -0.859. The molecule has 2 saturated carbocycles. The van der Waals surface area contributed by atoms with Gasteiger partial charge < -0.3 is 10.6 Å². The third-order valence-corrected chi connectivity index (χ3v) is 4.43. The average molecular weight is 329 g/mol. The van der Waals surface area contributed by atoms with E-state index in [1.807, 2.05) is 0 Å². The molecule has 0 aliphatic heterocycles. The van der Waals surface area contributed by atoms with Crippen molar-refractivity contribution in [1.29, 1.82) is 0 Å². The molecule has 3 nitrogen and oxygen atoms in total. The highest BCUT2D eigenvalue weighted by atomic mass is 19.4. The number of alkyl halides is 3. The van der Waals surface area contributed by atoms with Gasteiger partial charge in [0.15, 0.2) is 5.96 Å². The fraction of sp³-hybridized carbons (Fsp3) is 0.562. The molecule has 0 spiro atoms. The van der Waals surface area contributed by atoms with Gasteiger partial charge >= 0.3 is 6.18 Å². The van der Waals surface area contributed by atoms with Crippen LogP contribution in [0.3, 0.4) is 0 Å². The monoisotopic (exact) mass is 329 g/mol. The molecule has 2 aliphatic rings. The Balaban J connectivity index is 1.73. The van der Waals surface area contributed by atoms with Crippen molar-refractivity contribution in [1.82, 2.24) is 10.6 Å². The first-order valence-electron chi connectivity index (χ1n) is 7.68. The minimum absolute atomic E-state index is 0.402. The summed E-state index contributed by atoms with van der Waals surface area (Å²) in [6.45, 7) is 0.445. The lowest BCUT2D eigenvalue weighted by molar-refractivity contribution is -0.137. The zero-order valence-corrected chi connectivity index (χ0v) is 12.8. The van der Waals surface area contributed by atoms with Crippen LogP contribution in [-0.4, -0.2) is 25.6 Å². The molecule has 2 fully saturated rings. The van der Waals surface area contributed by atoms with E-state index in [4.69, 9.17) is 0 Å². The number of aliphatic imine (C=N–C) groups is 1. The van der Waals surface area contributed by atoms with Crippen molar-refractivity contribution in [3.8, 4) is 0 Å². The minimum atomic E-state index is -4.54. The predicted molar refractivity (Wildman–Crippen MR) is 79.8 cm³/mol. The van der Waals surface area contributed by atoms with Gasteiger partial charge in [0.05, 0.1) is 5.56 Å². The molecular formula is C16H19F4N3. The Bertz CT molecular complexity index is 616. The normalized spacial score (nSPS) is 20.3. The summed E-state index contributed by atoms with van der Waals surface area (Å²) in [4.78, 5) is 4.11. The molecule has 0 amide bonds. The topological polar surface area (TPSA) is 36.4 Å². The van der Waals surface area contributed by atoms with E-state index in [0.717, 1.165) is 31.7 Å². The molecule has 0 unspecified atom stereocenters. The van der Waals surface area contributed by atoms with Crippen molar-refractivity contribution in [3.05, 3.63) is 35.1 Å². The van der Waals surface area contributed by atoms with Crippen molar-refractivity contribution in [2.24, 2.45) is 4.99 Å². The van der Waals surface area contributed by atoms with Crippen LogP contribution in [-0.2, 0) is 11.6 Å². The van der Waals surface area contributed by atoms with Gasteiger partial charge in [0.2, 0.25) is 0 Å². The largest absolute Gasteiger partial charge is 0.416 e. The molecule has 7 heteroatoms. The summed E-state index contributed by atoms with van der Waals surface area (Å²) in [5.74, 6) is -0.201. The molecule has 0 bridgehead atoms. The molecule has 1 aromatic carbocycles. The summed E-state index contributed by atoms with van der Waals surface area (Å²) in [5.41, 5.74) is -0.970. The van der Waals surface area contributed by atoms with Crippen LogP contribution in [0.1, 0.15) is 36.8 Å². The number of hydrogen-bond acceptors (Lipinski definition) is 1. The molecule has 0 saturated heterocycles. The molecule has 1 aromatic rings. The molecular weight excluding hydrogens is 310 g/mol. The summed E-state index contributed by atoms with van der Waals surface area (Å²) < 4.78 is 52.2. The second kappa shape index (κ2) is 5.69. The van der Waals surface area contributed by atoms with E-state index in [1.165, 1.54) is 6.07 Å². The molecule has 0 radical (unpaired) electrons. The van der Waals surface area contributed by atoms with Crippen LogP contribution in [0, 0.1) is 5.82 Å². The van der Waals surface area contributed by atoms with E-state index >= 15 is 0 Å². The number of rotatable bonds is 4. The Labute approximate surface area is 132 Å². The van der Waals surface area contributed by atoms with Crippen LogP contribution >= 0.6 is 0 Å². The molecule has 0 aromatic heterocycles. The number of halogens is 4. The molecule has 0 heterocycles. The molecule has 23 heavy (non-hydrogen) atoms. The van der Waals surface area contributed by atoms with Gasteiger partial charge in [0.25, 0.3) is 0 Å². The molecule has 126 valence electrons. The van der Waals surface area contributed by atoms with Crippen LogP contribution in [0.25, 0.3) is 0 Å². The molecule has 3 rings (SSSR count). The van der Waals surface area contributed by atoms with Crippen molar-refractivity contribution in [2.45, 2.75) is 43.3 Å². The number of nitrogens with zero attached hydrogens (tertiary/aromatic N) is 1. The first kappa shape index (κ1) is 16.1. The maximum atomic E-state index is 13.6. The maximum Gasteiger partial charge on any atom is 0.416 e. The van der Waals surface area contributed by atoms with E-state index in [0.29, 0.717) is 30.2 Å². The molecule has 0 atom stereocenters. The fourth-order valence-electron chi connectivity index (χ4n) is 2.65. The standard InChI is InChI=1S/C16H19F4N3/c1-21-14(23-13-2-3-13)22-9-15(4-5-15)10-6-11(16(18,19)20)8-12(17)7-10/h6-8,13H,2-5,9H2,1H3,(H2,21,22,23). The van der Waals surface area contributed by atoms with Gasteiger partial charge in [-0.2, -0.15) is 13.2 Å². The zero-order valence-electron chi connectivity index (χ0n) is 12.8. The quantitative estimate of drug-likeness (QED) is 0.506. The van der Waals surface area contributed by atoms with E-state index in [2.05, 4.69) is 15.6 Å². The minimum Gasteiger partial charge on any atom is -0.356 e. The molecule has 2 N–H and O–H groups in total. The Morgan fingerprint density at radius 1 is 1.26 bits per heavy atom. The lowest BCUT2D eigenvalue weighted by Gasteiger charge is -2.20. The van der Waals surface area contributed by atoms with Gasteiger partial charge in [-0.25, -0.2) is 4.39 Å². The predicted octanol–water partition coefficient (Wildman–Crippen LogP) is 3.20. The van der Waals surface area contributed by atoms with Gasteiger partial charge in [-0.1, -0.05) is 0 Å². The van der Waals surface area contributed by atoms with E-state index in [9.17, 15) is 17.6 Å². The van der Waals surface area contributed by atoms with Crippen LogP contribution < -0.4 is 10.6 Å². The second-order valence-electron chi connectivity index (χ2n) is 6.35. The van der Waals surface area contributed by atoms with Crippen molar-refractivity contribution < 1.29 is 17.6 Å². The van der Waals surface area contributed by atoms with Gasteiger partial charge in [-0.05, 0) is 49.4 Å². The highest BCUT2D eigenvalue weighted by Gasteiger charge is 2.45. The SMILES string of the molecule is CN=C(NCC1(c2cc(F)cc(C(F)(F)F)c2)CC1)NC1CC1. The second-order valence-corrected chi connectivity index (χ2v) is 6.35. The van der Waals surface area contributed by atoms with E-state index in [1.54, 1.807) is 7.05 Å². The van der Waals surface area contributed by atoms with E-state index in [-0.39, 0.29) is 0 Å². The van der Waals surface area contributed by atoms with Crippen LogP contribution in [0.5, 0.6) is 0 Å².